The van der Waals surface area contributed by atoms with Gasteiger partial charge in [-0.1, -0.05) is 0 Å². The lowest BCUT2D eigenvalue weighted by atomic mass is 10.8. The number of carbonyl (C=O) groups is 1. The molecule has 5 nitrogen and oxygen atoms in total. The lowest BCUT2D eigenvalue weighted by molar-refractivity contribution is -0.112. The Hall–Kier alpha value is -0.220. The van der Waals surface area contributed by atoms with Crippen LogP contribution in [0, 0.1) is 0 Å². The molecule has 0 saturated heterocycles. The smallest absolute Gasteiger partial charge is 0.361 e. The molecule has 0 radical (unpaired) electrons. The van der Waals surface area contributed by atoms with Crippen LogP contribution in [-0.2, 0) is 9.36 Å². The molecule has 8 heavy (non-hydrogen) atoms. The van der Waals surface area contributed by atoms with E-state index in [1.165, 1.54) is 0 Å². The van der Waals surface area contributed by atoms with E-state index in [9.17, 15) is 9.36 Å². The summed E-state index contributed by atoms with van der Waals surface area (Å²) in [5, 5.41) is 8.06. The number of aldehydes is 1. The molecule has 0 aromatic carbocycles. The molecule has 48 valence electrons. The van der Waals surface area contributed by atoms with Crippen molar-refractivity contribution in [3.05, 3.63) is 0 Å². The first kappa shape index (κ1) is 7.78. The summed E-state index contributed by atoms with van der Waals surface area (Å²) in [4.78, 5) is 25.2. The highest BCUT2D eigenvalue weighted by Crippen LogP contribution is 2.37. The van der Waals surface area contributed by atoms with E-state index in [1.807, 2.05) is 0 Å². The van der Waals surface area contributed by atoms with Gasteiger partial charge in [0.05, 0.1) is 0 Å². The zero-order valence-corrected chi connectivity index (χ0v) is 4.65. The molecular weight excluding hydrogens is 135 g/mol. The molecule has 0 bridgehead atoms. The summed E-state index contributed by atoms with van der Waals surface area (Å²) >= 11 is 0. The van der Waals surface area contributed by atoms with Crippen molar-refractivity contribution in [2.75, 3.05) is 0 Å². The van der Waals surface area contributed by atoms with Crippen molar-refractivity contribution in [3.8, 4) is 0 Å². The van der Waals surface area contributed by atoms with Crippen LogP contribution in [0.15, 0.2) is 0 Å². The molecule has 0 amide bonds. The van der Waals surface area contributed by atoms with Crippen molar-refractivity contribution < 1.29 is 24.3 Å². The van der Waals surface area contributed by atoms with Gasteiger partial charge in [0.25, 0.3) is 0 Å². The maximum Gasteiger partial charge on any atom is 0.361 e. The van der Waals surface area contributed by atoms with E-state index in [-0.39, 0.29) is 6.29 Å². The maximum absolute atomic E-state index is 9.78. The van der Waals surface area contributed by atoms with Gasteiger partial charge in [-0.15, -0.1) is 0 Å². The summed E-state index contributed by atoms with van der Waals surface area (Å²) in [5.41, 5.74) is 0. The van der Waals surface area contributed by atoms with Gasteiger partial charge in [-0.05, 0) is 0 Å². The molecule has 0 rings (SSSR count). The second-order valence-corrected chi connectivity index (χ2v) is 2.85. The number of aliphatic hydroxyl groups is 1. The molecule has 0 aliphatic heterocycles. The van der Waals surface area contributed by atoms with Crippen molar-refractivity contribution in [3.63, 3.8) is 0 Å². The van der Waals surface area contributed by atoms with Crippen LogP contribution < -0.4 is 0 Å². The fourth-order valence-corrected chi connectivity index (χ4v) is 0.238. The molecular formula is C2H5O5P. The number of carbonyl (C=O) groups excluding carboxylic acids is 1. The highest BCUT2D eigenvalue weighted by atomic mass is 31.2. The third-order valence-corrected chi connectivity index (χ3v) is 1.28. The van der Waals surface area contributed by atoms with Crippen LogP contribution in [0.4, 0.5) is 0 Å². The van der Waals surface area contributed by atoms with Gasteiger partial charge in [-0.3, -0.25) is 9.36 Å². The summed E-state index contributed by atoms with van der Waals surface area (Å²) in [6.07, 6.45) is -0.208. The van der Waals surface area contributed by atoms with Crippen LogP contribution in [0.25, 0.3) is 0 Å². The van der Waals surface area contributed by atoms with Crippen molar-refractivity contribution in [2.45, 2.75) is 5.85 Å². The first-order valence-electron chi connectivity index (χ1n) is 1.67. The molecule has 0 spiro atoms. The molecule has 0 heterocycles. The number of hydrogen-bond donors (Lipinski definition) is 3. The molecule has 0 saturated carbocycles. The third-order valence-electron chi connectivity index (χ3n) is 0.466. The minimum Gasteiger partial charge on any atom is -0.374 e. The van der Waals surface area contributed by atoms with Crippen molar-refractivity contribution >= 4 is 13.9 Å². The third kappa shape index (κ3) is 2.18. The summed E-state index contributed by atoms with van der Waals surface area (Å²) in [6, 6.07) is 0. The van der Waals surface area contributed by atoms with E-state index in [2.05, 4.69) is 0 Å². The number of rotatable bonds is 2. The van der Waals surface area contributed by atoms with Crippen LogP contribution in [0.3, 0.4) is 0 Å². The lowest BCUT2D eigenvalue weighted by Crippen LogP contribution is -2.07. The summed E-state index contributed by atoms with van der Waals surface area (Å²) in [7, 11) is -4.57. The molecule has 1 unspecified atom stereocenters. The van der Waals surface area contributed by atoms with Crippen LogP contribution in [0.5, 0.6) is 0 Å². The number of aliphatic hydroxyl groups excluding tert-OH is 1. The average Bonchev–Trinajstić information content (AvgIpc) is 1.62. The quantitative estimate of drug-likeness (QED) is 0.326. The van der Waals surface area contributed by atoms with Gasteiger partial charge in [0, 0.05) is 0 Å². The topological polar surface area (TPSA) is 94.8 Å². The predicted octanol–water partition coefficient (Wildman–Crippen LogP) is -1.32. The van der Waals surface area contributed by atoms with Crippen LogP contribution in [-0.4, -0.2) is 27.0 Å². The number of hydrogen-bond acceptors (Lipinski definition) is 3. The summed E-state index contributed by atoms with van der Waals surface area (Å²) < 4.78 is 9.78. The van der Waals surface area contributed by atoms with E-state index in [1.54, 1.807) is 0 Å². The van der Waals surface area contributed by atoms with Crippen LogP contribution >= 0.6 is 7.60 Å². The Bertz CT molecular complexity index is 124. The average molecular weight is 140 g/mol. The Labute approximate surface area is 45.1 Å². The Kier molecular flexibility index (Phi) is 2.30. The molecule has 0 aromatic heterocycles. The fourth-order valence-electron chi connectivity index (χ4n) is 0.0793. The van der Waals surface area contributed by atoms with Crippen LogP contribution in [0.1, 0.15) is 0 Å². The molecule has 6 heteroatoms. The minimum atomic E-state index is -4.57. The summed E-state index contributed by atoms with van der Waals surface area (Å²) in [6.45, 7) is 0. The SMILES string of the molecule is O=CC(O)P(=O)(O)O. The van der Waals surface area contributed by atoms with E-state index in [4.69, 9.17) is 14.9 Å². The van der Waals surface area contributed by atoms with Gasteiger partial charge in [-0.25, -0.2) is 0 Å². The Balaban J connectivity index is 4.02. The standard InChI is InChI=1S/C2H5O5P/c3-1-2(4)8(5,6)7/h1-2,4H,(H2,5,6,7). The largest absolute Gasteiger partial charge is 0.374 e. The first-order chi connectivity index (χ1) is 3.48. The predicted molar refractivity (Wildman–Crippen MR) is 24.1 cm³/mol. The van der Waals surface area contributed by atoms with Crippen molar-refractivity contribution in [1.82, 2.24) is 0 Å². The first-order valence-corrected chi connectivity index (χ1v) is 3.35. The zero-order chi connectivity index (χ0) is 6.78. The van der Waals surface area contributed by atoms with Gasteiger partial charge in [0.1, 0.15) is 0 Å². The Morgan fingerprint density at radius 1 is 1.50 bits per heavy atom. The van der Waals surface area contributed by atoms with Crippen molar-refractivity contribution in [1.29, 1.82) is 0 Å². The second kappa shape index (κ2) is 2.37. The molecule has 1 atom stereocenters. The molecule has 0 aliphatic carbocycles. The molecule has 3 N–H and O–H groups in total. The highest BCUT2D eigenvalue weighted by molar-refractivity contribution is 7.53. The van der Waals surface area contributed by atoms with E-state index in [0.29, 0.717) is 0 Å². The second-order valence-electron chi connectivity index (χ2n) is 1.14. The molecule has 0 aromatic rings. The Morgan fingerprint density at radius 2 is 1.88 bits per heavy atom. The zero-order valence-electron chi connectivity index (χ0n) is 3.76. The van der Waals surface area contributed by atoms with Gasteiger partial charge in [0.15, 0.2) is 6.29 Å². The van der Waals surface area contributed by atoms with E-state index >= 15 is 0 Å². The van der Waals surface area contributed by atoms with Gasteiger partial charge >= 0.3 is 7.60 Å². The normalized spacial score (nSPS) is 15.4. The fraction of sp³-hybridized carbons (Fsp3) is 0.500. The monoisotopic (exact) mass is 140 g/mol. The Morgan fingerprint density at radius 3 is 1.88 bits per heavy atom. The summed E-state index contributed by atoms with van der Waals surface area (Å²) in [5.74, 6) is -2.16. The lowest BCUT2D eigenvalue weighted by Gasteiger charge is -2.02. The van der Waals surface area contributed by atoms with Gasteiger partial charge in [-0.2, -0.15) is 0 Å². The highest BCUT2D eigenvalue weighted by Gasteiger charge is 2.24. The minimum absolute atomic E-state index is 0.208. The van der Waals surface area contributed by atoms with Gasteiger partial charge in [0.2, 0.25) is 5.85 Å². The van der Waals surface area contributed by atoms with Crippen molar-refractivity contribution in [2.24, 2.45) is 0 Å². The van der Waals surface area contributed by atoms with Gasteiger partial charge < -0.3 is 14.9 Å². The maximum atomic E-state index is 9.78. The van der Waals surface area contributed by atoms with E-state index in [0.717, 1.165) is 0 Å². The molecule has 0 aliphatic rings. The molecule has 0 fully saturated rings. The van der Waals surface area contributed by atoms with E-state index < -0.39 is 13.4 Å². The van der Waals surface area contributed by atoms with Crippen LogP contribution in [0.2, 0.25) is 0 Å².